The molecule has 3 aromatic rings. The number of benzene rings is 2. The molecule has 0 saturated carbocycles. The van der Waals surface area contributed by atoms with Crippen LogP contribution in [0.25, 0.3) is 5.76 Å². The van der Waals surface area contributed by atoms with Crippen molar-refractivity contribution in [1.82, 2.24) is 4.98 Å². The lowest BCUT2D eigenvalue weighted by Crippen LogP contribution is -2.30. The summed E-state index contributed by atoms with van der Waals surface area (Å²) in [5, 5.41) is 10.9. The molecular formula is C23H18N2O4. The van der Waals surface area contributed by atoms with Gasteiger partial charge in [0.2, 0.25) is 0 Å². The number of amides is 1. The van der Waals surface area contributed by atoms with Gasteiger partial charge in [-0.15, -0.1) is 0 Å². The summed E-state index contributed by atoms with van der Waals surface area (Å²) in [5.41, 5.74) is 1.15. The quantitative estimate of drug-likeness (QED) is 0.420. The highest BCUT2D eigenvalue weighted by molar-refractivity contribution is 6.51. The summed E-state index contributed by atoms with van der Waals surface area (Å²) in [6.45, 7) is 0. The second-order valence-corrected chi connectivity index (χ2v) is 6.50. The lowest BCUT2D eigenvalue weighted by Gasteiger charge is -2.24. The second kappa shape index (κ2) is 7.59. The van der Waals surface area contributed by atoms with Crippen LogP contribution in [0.4, 0.5) is 5.82 Å². The number of pyridine rings is 1. The first-order chi connectivity index (χ1) is 14.1. The van der Waals surface area contributed by atoms with E-state index in [1.165, 1.54) is 4.90 Å². The van der Waals surface area contributed by atoms with E-state index < -0.39 is 17.7 Å². The Morgan fingerprint density at radius 2 is 1.66 bits per heavy atom. The average Bonchev–Trinajstić information content (AvgIpc) is 3.05. The van der Waals surface area contributed by atoms with Gasteiger partial charge in [-0.05, 0) is 29.8 Å². The zero-order valence-corrected chi connectivity index (χ0v) is 15.6. The number of hydrogen-bond donors (Lipinski definition) is 1. The maximum absolute atomic E-state index is 12.9. The molecule has 0 aliphatic carbocycles. The lowest BCUT2D eigenvalue weighted by atomic mass is 9.95. The minimum Gasteiger partial charge on any atom is -0.507 e. The molecule has 0 bridgehead atoms. The summed E-state index contributed by atoms with van der Waals surface area (Å²) in [6.07, 6.45) is 1.55. The molecule has 4 rings (SSSR count). The van der Waals surface area contributed by atoms with Crippen molar-refractivity contribution in [3.05, 3.63) is 95.7 Å². The van der Waals surface area contributed by atoms with Crippen LogP contribution in [0, 0.1) is 0 Å². The molecule has 2 heterocycles. The van der Waals surface area contributed by atoms with Crippen LogP contribution >= 0.6 is 0 Å². The number of aliphatic hydroxyl groups is 1. The molecule has 6 nitrogen and oxygen atoms in total. The van der Waals surface area contributed by atoms with Crippen LogP contribution in [0.5, 0.6) is 5.75 Å². The molecule has 1 amide bonds. The molecule has 1 aliphatic rings. The van der Waals surface area contributed by atoms with Crippen LogP contribution in [-0.4, -0.2) is 28.9 Å². The number of nitrogens with zero attached hydrogens (tertiary/aromatic N) is 2. The lowest BCUT2D eigenvalue weighted by molar-refractivity contribution is -0.132. The number of aliphatic hydroxyl groups excluding tert-OH is 1. The Kier molecular flexibility index (Phi) is 4.83. The van der Waals surface area contributed by atoms with Gasteiger partial charge in [-0.25, -0.2) is 4.98 Å². The van der Waals surface area contributed by atoms with E-state index in [0.29, 0.717) is 22.7 Å². The standard InChI is InChI=1S/C23H18N2O4/c1-29-17-12-10-15(11-13-17)20-19(21(26)16-7-3-2-4-8-16)22(27)23(28)25(20)18-9-5-6-14-24-18/h2-14,20,26H,1H3/b21-19-. The van der Waals surface area contributed by atoms with Gasteiger partial charge in [0.1, 0.15) is 17.3 Å². The Balaban J connectivity index is 1.93. The van der Waals surface area contributed by atoms with Crippen molar-refractivity contribution in [3.8, 4) is 5.75 Å². The van der Waals surface area contributed by atoms with Crippen molar-refractivity contribution in [2.45, 2.75) is 6.04 Å². The largest absolute Gasteiger partial charge is 0.507 e. The molecule has 0 spiro atoms. The first-order valence-corrected chi connectivity index (χ1v) is 9.03. The van der Waals surface area contributed by atoms with E-state index in [2.05, 4.69) is 4.98 Å². The first kappa shape index (κ1) is 18.4. The Morgan fingerprint density at radius 1 is 0.966 bits per heavy atom. The number of anilines is 1. The third-order valence-electron chi connectivity index (χ3n) is 4.82. The van der Waals surface area contributed by atoms with Crippen LogP contribution in [0.3, 0.4) is 0 Å². The third-order valence-corrected chi connectivity index (χ3v) is 4.82. The summed E-state index contributed by atoms with van der Waals surface area (Å²) in [5.74, 6) is -0.725. The third kappa shape index (κ3) is 3.25. The highest BCUT2D eigenvalue weighted by atomic mass is 16.5. The minimum absolute atomic E-state index is 0.0250. The van der Waals surface area contributed by atoms with Gasteiger partial charge in [0, 0.05) is 11.8 Å². The minimum atomic E-state index is -0.809. The predicted octanol–water partition coefficient (Wildman–Crippen LogP) is 3.72. The molecule has 1 N–H and O–H groups in total. The molecule has 1 fully saturated rings. The molecule has 0 radical (unpaired) electrons. The summed E-state index contributed by atoms with van der Waals surface area (Å²) >= 11 is 0. The number of Topliss-reactive ketones (excluding diaryl/α,β-unsaturated/α-hetero) is 1. The Morgan fingerprint density at radius 3 is 2.28 bits per heavy atom. The smallest absolute Gasteiger partial charge is 0.301 e. The van der Waals surface area contributed by atoms with E-state index in [1.807, 2.05) is 6.07 Å². The molecule has 1 aliphatic heterocycles. The predicted molar refractivity (Wildman–Crippen MR) is 108 cm³/mol. The van der Waals surface area contributed by atoms with Gasteiger partial charge in [-0.2, -0.15) is 0 Å². The molecular weight excluding hydrogens is 368 g/mol. The number of rotatable bonds is 4. The number of hydrogen-bond acceptors (Lipinski definition) is 5. The van der Waals surface area contributed by atoms with Gasteiger partial charge in [0.05, 0.1) is 18.7 Å². The topological polar surface area (TPSA) is 79.7 Å². The van der Waals surface area contributed by atoms with E-state index in [4.69, 9.17) is 4.74 Å². The van der Waals surface area contributed by atoms with Crippen LogP contribution in [0.15, 0.2) is 84.6 Å². The monoisotopic (exact) mass is 386 g/mol. The molecule has 1 aromatic heterocycles. The van der Waals surface area contributed by atoms with Crippen LogP contribution < -0.4 is 9.64 Å². The van der Waals surface area contributed by atoms with E-state index in [1.54, 1.807) is 80.0 Å². The molecule has 2 aromatic carbocycles. The zero-order chi connectivity index (χ0) is 20.4. The first-order valence-electron chi connectivity index (χ1n) is 9.03. The van der Waals surface area contributed by atoms with E-state index in [0.717, 1.165) is 0 Å². The Bertz CT molecular complexity index is 1080. The van der Waals surface area contributed by atoms with Gasteiger partial charge < -0.3 is 9.84 Å². The Labute approximate surface area is 167 Å². The van der Waals surface area contributed by atoms with Crippen molar-refractivity contribution >= 4 is 23.3 Å². The summed E-state index contributed by atoms with van der Waals surface area (Å²) in [4.78, 5) is 31.4. The molecule has 6 heteroatoms. The fourth-order valence-corrected chi connectivity index (χ4v) is 3.42. The Hall–Kier alpha value is -3.93. The van der Waals surface area contributed by atoms with Gasteiger partial charge >= 0.3 is 5.91 Å². The number of aromatic nitrogens is 1. The molecule has 1 unspecified atom stereocenters. The van der Waals surface area contributed by atoms with E-state index in [-0.39, 0.29) is 11.3 Å². The normalized spacial score (nSPS) is 18.1. The summed E-state index contributed by atoms with van der Waals surface area (Å²) in [6, 6.07) is 20.0. The average molecular weight is 386 g/mol. The zero-order valence-electron chi connectivity index (χ0n) is 15.6. The molecule has 1 saturated heterocycles. The van der Waals surface area contributed by atoms with Crippen molar-refractivity contribution in [1.29, 1.82) is 0 Å². The molecule has 29 heavy (non-hydrogen) atoms. The van der Waals surface area contributed by atoms with Crippen molar-refractivity contribution < 1.29 is 19.4 Å². The van der Waals surface area contributed by atoms with Crippen LogP contribution in [-0.2, 0) is 9.59 Å². The maximum atomic E-state index is 12.9. The summed E-state index contributed by atoms with van der Waals surface area (Å²) < 4.78 is 5.21. The maximum Gasteiger partial charge on any atom is 0.301 e. The second-order valence-electron chi connectivity index (χ2n) is 6.50. The molecule has 1 atom stereocenters. The number of ketones is 1. The van der Waals surface area contributed by atoms with Crippen molar-refractivity contribution in [2.75, 3.05) is 12.0 Å². The fraction of sp³-hybridized carbons (Fsp3) is 0.0870. The van der Waals surface area contributed by atoms with Gasteiger partial charge in [0.15, 0.2) is 0 Å². The number of methoxy groups -OCH3 is 1. The number of carbonyl (C=O) groups excluding carboxylic acids is 2. The van der Waals surface area contributed by atoms with E-state index in [9.17, 15) is 14.7 Å². The molecule has 144 valence electrons. The fourth-order valence-electron chi connectivity index (χ4n) is 3.42. The summed E-state index contributed by atoms with van der Waals surface area (Å²) in [7, 11) is 1.56. The van der Waals surface area contributed by atoms with Gasteiger partial charge in [0.25, 0.3) is 5.78 Å². The van der Waals surface area contributed by atoms with Crippen molar-refractivity contribution in [3.63, 3.8) is 0 Å². The number of carbonyl (C=O) groups is 2. The number of ether oxygens (including phenoxy) is 1. The van der Waals surface area contributed by atoms with Crippen LogP contribution in [0.1, 0.15) is 17.2 Å². The highest BCUT2D eigenvalue weighted by Gasteiger charge is 2.47. The van der Waals surface area contributed by atoms with Crippen LogP contribution in [0.2, 0.25) is 0 Å². The van der Waals surface area contributed by atoms with Gasteiger partial charge in [-0.3, -0.25) is 14.5 Å². The van der Waals surface area contributed by atoms with Crippen molar-refractivity contribution in [2.24, 2.45) is 0 Å². The van der Waals surface area contributed by atoms with E-state index >= 15 is 0 Å². The van der Waals surface area contributed by atoms with Gasteiger partial charge in [-0.1, -0.05) is 48.5 Å². The SMILES string of the molecule is COc1ccc(C2/C(=C(/O)c3ccccc3)C(=O)C(=O)N2c2ccccn2)cc1. The highest BCUT2D eigenvalue weighted by Crippen LogP contribution is 2.41.